The lowest BCUT2D eigenvalue weighted by Gasteiger charge is -2.04. The van der Waals surface area contributed by atoms with Gasteiger partial charge in [-0.25, -0.2) is 0 Å². The van der Waals surface area contributed by atoms with E-state index in [9.17, 15) is 0 Å². The fraction of sp³-hybridized carbons (Fsp3) is 0.188. The van der Waals surface area contributed by atoms with Crippen molar-refractivity contribution in [1.29, 1.82) is 0 Å². The molecule has 1 heterocycles. The van der Waals surface area contributed by atoms with E-state index in [-0.39, 0.29) is 0 Å². The molecule has 0 aliphatic heterocycles. The fourth-order valence-electron chi connectivity index (χ4n) is 1.77. The van der Waals surface area contributed by atoms with Gasteiger partial charge in [0.2, 0.25) is 0 Å². The van der Waals surface area contributed by atoms with Gasteiger partial charge < -0.3 is 0 Å². The van der Waals surface area contributed by atoms with Gasteiger partial charge in [-0.15, -0.1) is 0 Å². The van der Waals surface area contributed by atoms with E-state index in [2.05, 4.69) is 61.3 Å². The van der Waals surface area contributed by atoms with Crippen molar-refractivity contribution < 1.29 is 0 Å². The third-order valence-corrected chi connectivity index (χ3v) is 2.97. The molecule has 0 amide bonds. The number of aromatic nitrogens is 1. The predicted molar refractivity (Wildman–Crippen MR) is 73.7 cm³/mol. The predicted octanol–water partition coefficient (Wildman–Crippen LogP) is 4.48. The van der Waals surface area contributed by atoms with Crippen LogP contribution >= 0.6 is 0 Å². The Morgan fingerprint density at radius 3 is 2.59 bits per heavy atom. The lowest BCUT2D eigenvalue weighted by Crippen LogP contribution is -1.86. The molecule has 0 saturated carbocycles. The second-order valence-corrected chi connectivity index (χ2v) is 4.27. The van der Waals surface area contributed by atoms with E-state index in [1.54, 1.807) is 0 Å². The molecule has 1 heteroatoms. The molecule has 0 unspecified atom stereocenters. The van der Waals surface area contributed by atoms with Gasteiger partial charge in [-0.1, -0.05) is 35.9 Å². The summed E-state index contributed by atoms with van der Waals surface area (Å²) in [5, 5.41) is 0. The van der Waals surface area contributed by atoms with Crippen molar-refractivity contribution in [3.63, 3.8) is 0 Å². The number of hydrogen-bond acceptors (Lipinski definition) is 1. The van der Waals surface area contributed by atoms with E-state index in [1.807, 2.05) is 13.1 Å². The zero-order chi connectivity index (χ0) is 12.3. The van der Waals surface area contributed by atoms with E-state index in [4.69, 9.17) is 0 Å². The van der Waals surface area contributed by atoms with Crippen LogP contribution in [0.15, 0.2) is 48.7 Å². The minimum atomic E-state index is 1.03. The van der Waals surface area contributed by atoms with Crippen LogP contribution in [0.4, 0.5) is 0 Å². The Hall–Kier alpha value is -1.89. The maximum atomic E-state index is 4.52. The number of rotatable bonds is 2. The molecule has 17 heavy (non-hydrogen) atoms. The molecule has 0 radical (unpaired) electrons. The van der Waals surface area contributed by atoms with Crippen molar-refractivity contribution in [3.05, 3.63) is 59.8 Å². The molecule has 0 saturated heterocycles. The molecular formula is C16H17N. The first-order chi connectivity index (χ1) is 8.20. The number of aryl methyl sites for hydroxylation is 1. The molecule has 0 N–H and O–H groups in total. The largest absolute Gasteiger partial charge is 0.256 e. The second kappa shape index (κ2) is 4.96. The van der Waals surface area contributed by atoms with Crippen LogP contribution in [0.5, 0.6) is 0 Å². The number of allylic oxidation sites excluding steroid dienone is 2. The molecule has 0 spiro atoms. The van der Waals surface area contributed by atoms with Crippen LogP contribution in [0, 0.1) is 6.92 Å². The summed E-state index contributed by atoms with van der Waals surface area (Å²) in [5.41, 5.74) is 5.91. The molecule has 0 fully saturated rings. The summed E-state index contributed by atoms with van der Waals surface area (Å²) in [7, 11) is 0. The highest BCUT2D eigenvalue weighted by Gasteiger charge is 2.00. The van der Waals surface area contributed by atoms with Gasteiger partial charge in [0.05, 0.1) is 5.69 Å². The Bertz CT molecular complexity index is 536. The summed E-state index contributed by atoms with van der Waals surface area (Å²) < 4.78 is 0. The Morgan fingerprint density at radius 1 is 1.18 bits per heavy atom. The molecule has 0 aliphatic carbocycles. The maximum absolute atomic E-state index is 4.52. The van der Waals surface area contributed by atoms with Crippen molar-refractivity contribution in [3.8, 4) is 11.3 Å². The smallest absolute Gasteiger partial charge is 0.0702 e. The van der Waals surface area contributed by atoms with Gasteiger partial charge in [-0.05, 0) is 44.0 Å². The molecule has 2 rings (SSSR count). The molecule has 2 aromatic rings. The Labute approximate surface area is 103 Å². The Balaban J connectivity index is 2.36. The second-order valence-electron chi connectivity index (χ2n) is 4.27. The first kappa shape index (κ1) is 11.6. The van der Waals surface area contributed by atoms with E-state index in [0.717, 1.165) is 5.69 Å². The molecule has 1 aromatic heterocycles. The van der Waals surface area contributed by atoms with Crippen LogP contribution < -0.4 is 0 Å². The zero-order valence-corrected chi connectivity index (χ0v) is 10.6. The van der Waals surface area contributed by atoms with Crippen LogP contribution in [0.3, 0.4) is 0 Å². The summed E-state index contributed by atoms with van der Waals surface area (Å²) in [6.07, 6.45) is 4.04. The number of pyridine rings is 1. The first-order valence-corrected chi connectivity index (χ1v) is 5.87. The van der Waals surface area contributed by atoms with Crippen molar-refractivity contribution >= 4 is 5.57 Å². The number of hydrogen-bond donors (Lipinski definition) is 0. The highest BCUT2D eigenvalue weighted by molar-refractivity contribution is 5.66. The first-order valence-electron chi connectivity index (χ1n) is 5.87. The lowest BCUT2D eigenvalue weighted by molar-refractivity contribution is 1.29. The maximum Gasteiger partial charge on any atom is 0.0702 e. The van der Waals surface area contributed by atoms with Crippen LogP contribution in [0.1, 0.15) is 25.0 Å². The van der Waals surface area contributed by atoms with Gasteiger partial charge in [0.25, 0.3) is 0 Å². The molecule has 0 bridgehead atoms. The van der Waals surface area contributed by atoms with Gasteiger partial charge >= 0.3 is 0 Å². The summed E-state index contributed by atoms with van der Waals surface area (Å²) >= 11 is 0. The van der Waals surface area contributed by atoms with E-state index in [0.29, 0.717) is 0 Å². The molecule has 1 nitrogen and oxygen atoms in total. The molecule has 1 aromatic carbocycles. The monoisotopic (exact) mass is 223 g/mol. The highest BCUT2D eigenvalue weighted by atomic mass is 14.7. The SMILES string of the molecule is C/C=C(\C)c1ccc(-c2cccc(C)c2)nc1. The van der Waals surface area contributed by atoms with Gasteiger partial charge in [0.1, 0.15) is 0 Å². The third-order valence-electron chi connectivity index (χ3n) is 2.97. The van der Waals surface area contributed by atoms with Gasteiger partial charge in [0, 0.05) is 11.8 Å². The van der Waals surface area contributed by atoms with Gasteiger partial charge in [-0.3, -0.25) is 4.98 Å². The highest BCUT2D eigenvalue weighted by Crippen LogP contribution is 2.20. The van der Waals surface area contributed by atoms with Gasteiger partial charge in [-0.2, -0.15) is 0 Å². The standard InChI is InChI=1S/C16H17N/c1-4-13(3)15-8-9-16(17-11-15)14-7-5-6-12(2)10-14/h4-11H,1-3H3/b13-4+. The van der Waals surface area contributed by atoms with E-state index in [1.165, 1.54) is 22.3 Å². The van der Waals surface area contributed by atoms with Crippen LogP contribution in [-0.2, 0) is 0 Å². The average Bonchev–Trinajstić information content (AvgIpc) is 2.38. The molecule has 0 aliphatic rings. The van der Waals surface area contributed by atoms with Crippen LogP contribution in [0.2, 0.25) is 0 Å². The zero-order valence-electron chi connectivity index (χ0n) is 10.6. The minimum absolute atomic E-state index is 1.03. The van der Waals surface area contributed by atoms with Gasteiger partial charge in [0.15, 0.2) is 0 Å². The van der Waals surface area contributed by atoms with Crippen LogP contribution in [-0.4, -0.2) is 4.98 Å². The van der Waals surface area contributed by atoms with Crippen molar-refractivity contribution in [2.45, 2.75) is 20.8 Å². The number of nitrogens with zero attached hydrogens (tertiary/aromatic N) is 1. The summed E-state index contributed by atoms with van der Waals surface area (Å²) in [6, 6.07) is 12.6. The fourth-order valence-corrected chi connectivity index (χ4v) is 1.77. The summed E-state index contributed by atoms with van der Waals surface area (Å²) in [4.78, 5) is 4.52. The Kier molecular flexibility index (Phi) is 3.38. The third kappa shape index (κ3) is 2.62. The minimum Gasteiger partial charge on any atom is -0.256 e. The lowest BCUT2D eigenvalue weighted by atomic mass is 10.1. The molecular weight excluding hydrogens is 206 g/mol. The Morgan fingerprint density at radius 2 is 2.00 bits per heavy atom. The quantitative estimate of drug-likeness (QED) is 0.731. The van der Waals surface area contributed by atoms with Crippen molar-refractivity contribution in [2.75, 3.05) is 0 Å². The van der Waals surface area contributed by atoms with E-state index < -0.39 is 0 Å². The van der Waals surface area contributed by atoms with E-state index >= 15 is 0 Å². The van der Waals surface area contributed by atoms with Crippen molar-refractivity contribution in [2.24, 2.45) is 0 Å². The number of benzene rings is 1. The summed E-state index contributed by atoms with van der Waals surface area (Å²) in [6.45, 7) is 6.25. The molecule has 0 atom stereocenters. The normalized spacial score (nSPS) is 11.6. The summed E-state index contributed by atoms with van der Waals surface area (Å²) in [5.74, 6) is 0. The topological polar surface area (TPSA) is 12.9 Å². The molecule has 86 valence electrons. The average molecular weight is 223 g/mol. The van der Waals surface area contributed by atoms with Crippen LogP contribution in [0.25, 0.3) is 16.8 Å². The van der Waals surface area contributed by atoms with Crippen molar-refractivity contribution in [1.82, 2.24) is 4.98 Å².